The minimum atomic E-state index is 0.306. The van der Waals surface area contributed by atoms with E-state index in [1.165, 1.54) is 0 Å². The fraction of sp³-hybridized carbons (Fsp3) is 0.625. The quantitative estimate of drug-likeness (QED) is 0.431. The average Bonchev–Trinajstić information content (AvgIpc) is 3.08. The second-order valence-corrected chi connectivity index (χ2v) is 5.24. The second-order valence-electron chi connectivity index (χ2n) is 5.24. The summed E-state index contributed by atoms with van der Waals surface area (Å²) in [4.78, 5) is 8.46. The molecule has 0 amide bonds. The predicted molar refractivity (Wildman–Crippen MR) is 86.8 cm³/mol. The molecule has 0 aliphatic carbocycles. The van der Waals surface area contributed by atoms with E-state index in [1.54, 1.807) is 13.2 Å². The highest BCUT2D eigenvalue weighted by atomic mass is 16.5. The maximum absolute atomic E-state index is 5.63. The topological polar surface area (TPSA) is 67.8 Å². The van der Waals surface area contributed by atoms with E-state index < -0.39 is 0 Å². The molecule has 0 spiro atoms. The van der Waals surface area contributed by atoms with Gasteiger partial charge in [0, 0.05) is 33.0 Å². The summed E-state index contributed by atoms with van der Waals surface area (Å²) in [6.07, 6.45) is 5.33. The van der Waals surface area contributed by atoms with Crippen LogP contribution in [-0.4, -0.2) is 50.5 Å². The smallest absolute Gasteiger partial charge is 0.191 e. The van der Waals surface area contributed by atoms with Gasteiger partial charge in [-0.2, -0.15) is 0 Å². The summed E-state index contributed by atoms with van der Waals surface area (Å²) in [6, 6.07) is 5.87. The number of nitrogens with one attached hydrogen (secondary N) is 2. The van der Waals surface area contributed by atoms with Gasteiger partial charge in [0.1, 0.15) is 0 Å². The van der Waals surface area contributed by atoms with Gasteiger partial charge in [-0.1, -0.05) is 6.07 Å². The molecule has 1 aliphatic heterocycles. The number of hydrogen-bond donors (Lipinski definition) is 2. The molecule has 22 heavy (non-hydrogen) atoms. The van der Waals surface area contributed by atoms with Gasteiger partial charge >= 0.3 is 0 Å². The lowest BCUT2D eigenvalue weighted by molar-refractivity contribution is 0.0168. The summed E-state index contributed by atoms with van der Waals surface area (Å²) < 4.78 is 11.1. The fourth-order valence-corrected chi connectivity index (χ4v) is 2.27. The first-order chi connectivity index (χ1) is 10.9. The zero-order chi connectivity index (χ0) is 15.5. The van der Waals surface area contributed by atoms with Crippen molar-refractivity contribution in [3.8, 4) is 0 Å². The molecule has 0 bridgehead atoms. The molecule has 1 aliphatic rings. The summed E-state index contributed by atoms with van der Waals surface area (Å²) in [5.41, 5.74) is 0.991. The zero-order valence-corrected chi connectivity index (χ0v) is 13.3. The molecule has 1 atom stereocenters. The van der Waals surface area contributed by atoms with E-state index in [1.807, 2.05) is 18.2 Å². The Kier molecular flexibility index (Phi) is 7.69. The fourth-order valence-electron chi connectivity index (χ4n) is 2.27. The van der Waals surface area contributed by atoms with Crippen molar-refractivity contribution < 1.29 is 9.47 Å². The molecule has 1 aromatic heterocycles. The van der Waals surface area contributed by atoms with Crippen molar-refractivity contribution in [2.45, 2.75) is 31.9 Å². The van der Waals surface area contributed by atoms with Crippen LogP contribution in [0.25, 0.3) is 0 Å². The molecule has 0 aromatic carbocycles. The van der Waals surface area contributed by atoms with E-state index >= 15 is 0 Å². The molecule has 6 heteroatoms. The number of hydrogen-bond acceptors (Lipinski definition) is 4. The Bertz CT molecular complexity index is 433. The number of rotatable bonds is 8. The molecule has 122 valence electrons. The van der Waals surface area contributed by atoms with Crippen LogP contribution in [0, 0.1) is 0 Å². The molecule has 2 heterocycles. The highest BCUT2D eigenvalue weighted by Gasteiger charge is 2.14. The van der Waals surface area contributed by atoms with Crippen LogP contribution in [0.2, 0.25) is 0 Å². The van der Waals surface area contributed by atoms with Crippen LogP contribution in [0.15, 0.2) is 29.4 Å². The highest BCUT2D eigenvalue weighted by Crippen LogP contribution is 2.11. The Labute approximate surface area is 132 Å². The van der Waals surface area contributed by atoms with E-state index in [9.17, 15) is 0 Å². The molecule has 1 unspecified atom stereocenters. The number of pyridine rings is 1. The third kappa shape index (κ3) is 6.41. The van der Waals surface area contributed by atoms with Crippen molar-refractivity contribution in [1.82, 2.24) is 15.6 Å². The molecule has 2 N–H and O–H groups in total. The van der Waals surface area contributed by atoms with Crippen molar-refractivity contribution in [2.75, 3.05) is 33.4 Å². The Morgan fingerprint density at radius 1 is 1.45 bits per heavy atom. The summed E-state index contributed by atoms with van der Waals surface area (Å²) in [6.45, 7) is 3.83. The highest BCUT2D eigenvalue weighted by molar-refractivity contribution is 5.79. The molecular formula is C16H26N4O2. The van der Waals surface area contributed by atoms with Crippen LogP contribution < -0.4 is 10.6 Å². The van der Waals surface area contributed by atoms with Crippen LogP contribution in [0.4, 0.5) is 0 Å². The largest absolute Gasteiger partial charge is 0.379 e. The Morgan fingerprint density at radius 3 is 3.14 bits per heavy atom. The first-order valence-corrected chi connectivity index (χ1v) is 7.92. The molecule has 1 aromatic rings. The van der Waals surface area contributed by atoms with Crippen molar-refractivity contribution in [3.63, 3.8) is 0 Å². The van der Waals surface area contributed by atoms with Gasteiger partial charge in [-0.3, -0.25) is 9.98 Å². The third-order valence-electron chi connectivity index (χ3n) is 3.47. The predicted octanol–water partition coefficient (Wildman–Crippen LogP) is 1.33. The lowest BCUT2D eigenvalue weighted by atomic mass is 10.2. The number of guanidine groups is 1. The van der Waals surface area contributed by atoms with Crippen molar-refractivity contribution in [2.24, 2.45) is 4.99 Å². The number of ether oxygens (including phenoxy) is 2. The van der Waals surface area contributed by atoms with Gasteiger partial charge < -0.3 is 20.1 Å². The van der Waals surface area contributed by atoms with E-state index in [0.29, 0.717) is 19.3 Å². The van der Waals surface area contributed by atoms with Crippen LogP contribution in [0.3, 0.4) is 0 Å². The number of aromatic nitrogens is 1. The average molecular weight is 306 g/mol. The van der Waals surface area contributed by atoms with Gasteiger partial charge in [0.05, 0.1) is 24.9 Å². The summed E-state index contributed by atoms with van der Waals surface area (Å²) in [5.74, 6) is 0.782. The molecule has 2 rings (SSSR count). The van der Waals surface area contributed by atoms with Gasteiger partial charge in [-0.15, -0.1) is 0 Å². The third-order valence-corrected chi connectivity index (χ3v) is 3.47. The van der Waals surface area contributed by atoms with Crippen molar-refractivity contribution in [3.05, 3.63) is 30.1 Å². The number of nitrogens with zero attached hydrogens (tertiary/aromatic N) is 2. The zero-order valence-electron chi connectivity index (χ0n) is 13.3. The first-order valence-electron chi connectivity index (χ1n) is 7.92. The van der Waals surface area contributed by atoms with E-state index in [0.717, 1.165) is 50.7 Å². The van der Waals surface area contributed by atoms with E-state index in [4.69, 9.17) is 9.47 Å². The molecule has 0 radical (unpaired) electrons. The standard InChI is InChI=1S/C16H26N4O2/c1-17-16(20-12-14-6-2-3-8-18-14)19-9-5-10-21-13-15-7-4-11-22-15/h2-3,6,8,15H,4-5,7,9-13H2,1H3,(H2,17,19,20). The lowest BCUT2D eigenvalue weighted by Crippen LogP contribution is -2.37. The summed E-state index contributed by atoms with van der Waals surface area (Å²) in [5, 5.41) is 6.50. The van der Waals surface area contributed by atoms with Crippen LogP contribution in [-0.2, 0) is 16.0 Å². The maximum Gasteiger partial charge on any atom is 0.191 e. The van der Waals surface area contributed by atoms with E-state index in [2.05, 4.69) is 20.6 Å². The van der Waals surface area contributed by atoms with Gasteiger partial charge in [-0.25, -0.2) is 0 Å². The van der Waals surface area contributed by atoms with Gasteiger partial charge in [-0.05, 0) is 31.4 Å². The lowest BCUT2D eigenvalue weighted by Gasteiger charge is -2.12. The molecular weight excluding hydrogens is 280 g/mol. The minimum Gasteiger partial charge on any atom is -0.379 e. The maximum atomic E-state index is 5.63. The van der Waals surface area contributed by atoms with Gasteiger partial charge in [0.15, 0.2) is 5.96 Å². The minimum absolute atomic E-state index is 0.306. The van der Waals surface area contributed by atoms with Gasteiger partial charge in [0.2, 0.25) is 0 Å². The van der Waals surface area contributed by atoms with Crippen molar-refractivity contribution in [1.29, 1.82) is 0 Å². The summed E-state index contributed by atoms with van der Waals surface area (Å²) >= 11 is 0. The number of aliphatic imine (C=N–C) groups is 1. The molecule has 6 nitrogen and oxygen atoms in total. The Hall–Kier alpha value is -1.66. The Balaban J connectivity index is 1.51. The normalized spacial score (nSPS) is 18.4. The second kappa shape index (κ2) is 10.1. The van der Waals surface area contributed by atoms with Crippen molar-refractivity contribution >= 4 is 5.96 Å². The summed E-state index contributed by atoms with van der Waals surface area (Å²) in [7, 11) is 1.77. The van der Waals surface area contributed by atoms with E-state index in [-0.39, 0.29) is 0 Å². The molecule has 1 fully saturated rings. The van der Waals surface area contributed by atoms with Gasteiger partial charge in [0.25, 0.3) is 0 Å². The monoisotopic (exact) mass is 306 g/mol. The SMILES string of the molecule is CN=C(NCCCOCC1CCCO1)NCc1ccccn1. The van der Waals surface area contributed by atoms with Crippen LogP contribution in [0.5, 0.6) is 0 Å². The van der Waals surface area contributed by atoms with Crippen LogP contribution >= 0.6 is 0 Å². The molecule has 0 saturated carbocycles. The first kappa shape index (κ1) is 16.7. The van der Waals surface area contributed by atoms with Crippen LogP contribution in [0.1, 0.15) is 25.0 Å². The molecule has 1 saturated heterocycles. The Morgan fingerprint density at radius 2 is 2.41 bits per heavy atom.